The summed E-state index contributed by atoms with van der Waals surface area (Å²) in [6.07, 6.45) is 8.39. The zero-order chi connectivity index (χ0) is 12.8. The molecule has 18 heavy (non-hydrogen) atoms. The number of rotatable bonds is 4. The van der Waals surface area contributed by atoms with Gasteiger partial charge >= 0.3 is 0 Å². The van der Waals surface area contributed by atoms with Crippen LogP contribution in [0.4, 0.5) is 5.69 Å². The molecule has 1 saturated carbocycles. The lowest BCUT2D eigenvalue weighted by Gasteiger charge is -2.29. The molecule has 1 heterocycles. The molecule has 2 N–H and O–H groups in total. The van der Waals surface area contributed by atoms with Crippen molar-refractivity contribution in [2.24, 2.45) is 5.92 Å². The van der Waals surface area contributed by atoms with Crippen LogP contribution in [0.15, 0.2) is 24.5 Å². The van der Waals surface area contributed by atoms with Crippen molar-refractivity contribution in [3.63, 3.8) is 0 Å². The van der Waals surface area contributed by atoms with Crippen molar-refractivity contribution < 1.29 is 4.79 Å². The Morgan fingerprint density at radius 3 is 2.78 bits per heavy atom. The van der Waals surface area contributed by atoms with Gasteiger partial charge in [0.25, 0.3) is 0 Å². The van der Waals surface area contributed by atoms with E-state index >= 15 is 0 Å². The number of nitrogens with one attached hydrogen (secondary N) is 2. The third-order valence-electron chi connectivity index (χ3n) is 3.60. The predicted octanol–water partition coefficient (Wildman–Crippen LogP) is 2.19. The van der Waals surface area contributed by atoms with Gasteiger partial charge in [-0.05, 0) is 30.9 Å². The van der Waals surface area contributed by atoms with Crippen LogP contribution in [-0.4, -0.2) is 23.5 Å². The number of carbonyl (C=O) groups is 1. The van der Waals surface area contributed by atoms with Crippen LogP contribution in [0.25, 0.3) is 0 Å². The maximum absolute atomic E-state index is 11.8. The number of pyridine rings is 1. The molecule has 0 saturated heterocycles. The van der Waals surface area contributed by atoms with Crippen LogP contribution in [-0.2, 0) is 4.79 Å². The monoisotopic (exact) mass is 247 g/mol. The van der Waals surface area contributed by atoms with Gasteiger partial charge in [-0.3, -0.25) is 9.78 Å². The molecule has 2 atom stereocenters. The molecular formula is C14H21N3O. The summed E-state index contributed by atoms with van der Waals surface area (Å²) in [5.74, 6) is 0.687. The van der Waals surface area contributed by atoms with Crippen molar-refractivity contribution in [1.29, 1.82) is 0 Å². The summed E-state index contributed by atoms with van der Waals surface area (Å²) >= 11 is 0. The second kappa shape index (κ2) is 6.50. The van der Waals surface area contributed by atoms with E-state index in [2.05, 4.69) is 22.5 Å². The first-order valence-electron chi connectivity index (χ1n) is 6.69. The maximum Gasteiger partial charge on any atom is 0.238 e. The number of amides is 1. The van der Waals surface area contributed by atoms with E-state index in [9.17, 15) is 4.79 Å². The zero-order valence-electron chi connectivity index (χ0n) is 10.9. The molecular weight excluding hydrogens is 226 g/mol. The van der Waals surface area contributed by atoms with Crippen LogP contribution in [0.5, 0.6) is 0 Å². The lowest BCUT2D eigenvalue weighted by molar-refractivity contribution is -0.115. The highest BCUT2D eigenvalue weighted by Crippen LogP contribution is 2.23. The number of hydrogen-bond donors (Lipinski definition) is 2. The molecule has 1 aromatic heterocycles. The second-order valence-electron chi connectivity index (χ2n) is 5.03. The SMILES string of the molecule is C[C@@H]1CCCC[C@@H]1NCC(=O)Nc1ccncc1. The molecule has 0 radical (unpaired) electrons. The van der Waals surface area contributed by atoms with Crippen LogP contribution >= 0.6 is 0 Å². The predicted molar refractivity (Wildman–Crippen MR) is 72.3 cm³/mol. The van der Waals surface area contributed by atoms with Gasteiger partial charge in [0.05, 0.1) is 6.54 Å². The highest BCUT2D eigenvalue weighted by atomic mass is 16.1. The average molecular weight is 247 g/mol. The molecule has 98 valence electrons. The first kappa shape index (κ1) is 13.0. The summed E-state index contributed by atoms with van der Waals surface area (Å²) < 4.78 is 0. The normalized spacial score (nSPS) is 23.6. The van der Waals surface area contributed by atoms with Crippen LogP contribution in [0, 0.1) is 5.92 Å². The van der Waals surface area contributed by atoms with Gasteiger partial charge < -0.3 is 10.6 Å². The number of hydrogen-bond acceptors (Lipinski definition) is 3. The Morgan fingerprint density at radius 2 is 2.06 bits per heavy atom. The molecule has 2 rings (SSSR count). The van der Waals surface area contributed by atoms with Gasteiger partial charge in [0.15, 0.2) is 0 Å². The Bertz CT molecular complexity index is 380. The molecule has 0 aliphatic heterocycles. The molecule has 0 spiro atoms. The standard InChI is InChI=1S/C14H21N3O/c1-11-4-2-3-5-13(11)16-10-14(18)17-12-6-8-15-9-7-12/h6-9,11,13,16H,2-5,10H2,1H3,(H,15,17,18)/t11-,13+/m1/s1. The first-order valence-corrected chi connectivity index (χ1v) is 6.69. The maximum atomic E-state index is 11.8. The van der Waals surface area contributed by atoms with E-state index in [1.165, 1.54) is 25.7 Å². The van der Waals surface area contributed by atoms with E-state index in [1.807, 2.05) is 0 Å². The number of anilines is 1. The van der Waals surface area contributed by atoms with Crippen LogP contribution in [0.1, 0.15) is 32.6 Å². The molecule has 1 aliphatic rings. The van der Waals surface area contributed by atoms with Crippen LogP contribution in [0.2, 0.25) is 0 Å². The van der Waals surface area contributed by atoms with Gasteiger partial charge in [-0.1, -0.05) is 19.8 Å². The molecule has 4 nitrogen and oxygen atoms in total. The summed E-state index contributed by atoms with van der Waals surface area (Å²) in [7, 11) is 0. The summed E-state index contributed by atoms with van der Waals surface area (Å²) in [5, 5.41) is 6.22. The first-order chi connectivity index (χ1) is 8.75. The molecule has 1 amide bonds. The minimum Gasteiger partial charge on any atom is -0.325 e. The van der Waals surface area contributed by atoms with Gasteiger partial charge in [-0.15, -0.1) is 0 Å². The summed E-state index contributed by atoms with van der Waals surface area (Å²) in [6, 6.07) is 4.07. The molecule has 4 heteroatoms. The zero-order valence-corrected chi connectivity index (χ0v) is 10.9. The third-order valence-corrected chi connectivity index (χ3v) is 3.60. The quantitative estimate of drug-likeness (QED) is 0.857. The lowest BCUT2D eigenvalue weighted by atomic mass is 9.86. The van der Waals surface area contributed by atoms with Crippen molar-refractivity contribution in [2.75, 3.05) is 11.9 Å². The molecule has 1 fully saturated rings. The van der Waals surface area contributed by atoms with Gasteiger partial charge in [-0.2, -0.15) is 0 Å². The fourth-order valence-electron chi connectivity index (χ4n) is 2.48. The highest BCUT2D eigenvalue weighted by Gasteiger charge is 2.21. The van der Waals surface area contributed by atoms with E-state index in [0.29, 0.717) is 18.5 Å². The van der Waals surface area contributed by atoms with E-state index < -0.39 is 0 Å². The van der Waals surface area contributed by atoms with Crippen molar-refractivity contribution in [1.82, 2.24) is 10.3 Å². The van der Waals surface area contributed by atoms with Crippen LogP contribution in [0.3, 0.4) is 0 Å². The topological polar surface area (TPSA) is 54.0 Å². The van der Waals surface area contributed by atoms with Gasteiger partial charge in [-0.25, -0.2) is 0 Å². The van der Waals surface area contributed by atoms with Crippen molar-refractivity contribution in [2.45, 2.75) is 38.6 Å². The van der Waals surface area contributed by atoms with E-state index in [1.54, 1.807) is 24.5 Å². The minimum atomic E-state index is 0.0129. The van der Waals surface area contributed by atoms with E-state index in [-0.39, 0.29) is 5.91 Å². The molecule has 0 unspecified atom stereocenters. The van der Waals surface area contributed by atoms with E-state index in [4.69, 9.17) is 0 Å². The molecule has 1 aliphatic carbocycles. The third kappa shape index (κ3) is 3.81. The second-order valence-corrected chi connectivity index (χ2v) is 5.03. The summed E-state index contributed by atoms with van der Waals surface area (Å²) in [6.45, 7) is 2.65. The minimum absolute atomic E-state index is 0.0129. The van der Waals surface area contributed by atoms with Gasteiger partial charge in [0, 0.05) is 24.1 Å². The Balaban J connectivity index is 1.74. The van der Waals surface area contributed by atoms with Crippen LogP contribution < -0.4 is 10.6 Å². The van der Waals surface area contributed by atoms with Crippen molar-refractivity contribution in [3.8, 4) is 0 Å². The Hall–Kier alpha value is -1.42. The fourth-order valence-corrected chi connectivity index (χ4v) is 2.48. The Kier molecular flexibility index (Phi) is 4.70. The lowest BCUT2D eigenvalue weighted by Crippen LogP contribution is -2.41. The smallest absolute Gasteiger partial charge is 0.238 e. The molecule has 1 aromatic rings. The van der Waals surface area contributed by atoms with Crippen molar-refractivity contribution in [3.05, 3.63) is 24.5 Å². The molecule has 0 bridgehead atoms. The number of aromatic nitrogens is 1. The van der Waals surface area contributed by atoms with Gasteiger partial charge in [0.2, 0.25) is 5.91 Å². The van der Waals surface area contributed by atoms with E-state index in [0.717, 1.165) is 5.69 Å². The summed E-state index contributed by atoms with van der Waals surface area (Å²) in [4.78, 5) is 15.7. The molecule has 0 aromatic carbocycles. The number of carbonyl (C=O) groups excluding carboxylic acids is 1. The largest absolute Gasteiger partial charge is 0.325 e. The van der Waals surface area contributed by atoms with Gasteiger partial charge in [0.1, 0.15) is 0 Å². The van der Waals surface area contributed by atoms with Crippen molar-refractivity contribution >= 4 is 11.6 Å². The Morgan fingerprint density at radius 1 is 1.33 bits per heavy atom. The highest BCUT2D eigenvalue weighted by molar-refractivity contribution is 5.92. The Labute approximate surface area is 108 Å². The fraction of sp³-hybridized carbons (Fsp3) is 0.571. The summed E-state index contributed by atoms with van der Waals surface area (Å²) in [5.41, 5.74) is 0.800. The number of nitrogens with zero attached hydrogens (tertiary/aromatic N) is 1. The average Bonchev–Trinajstić information content (AvgIpc) is 2.39.